The maximum atomic E-state index is 11.9. The summed E-state index contributed by atoms with van der Waals surface area (Å²) in [7, 11) is 0. The van der Waals surface area contributed by atoms with E-state index < -0.39 is 11.7 Å². The molecule has 104 valence electrons. The smallest absolute Gasteiger partial charge is 0.158 e. The number of ketones is 1. The molecule has 0 saturated carbocycles. The van der Waals surface area contributed by atoms with Crippen molar-refractivity contribution in [3.05, 3.63) is 11.6 Å². The van der Waals surface area contributed by atoms with Crippen molar-refractivity contribution in [2.45, 2.75) is 65.1 Å². The maximum absolute atomic E-state index is 11.9. The molecule has 0 heterocycles. The molecule has 0 amide bonds. The molecule has 0 saturated heterocycles. The van der Waals surface area contributed by atoms with Gasteiger partial charge in [-0.2, -0.15) is 0 Å². The van der Waals surface area contributed by atoms with Crippen molar-refractivity contribution in [1.82, 2.24) is 0 Å². The molecule has 0 aromatic heterocycles. The molecular weight excluding hydrogens is 228 g/mol. The van der Waals surface area contributed by atoms with Gasteiger partial charge in [-0.15, -0.1) is 0 Å². The van der Waals surface area contributed by atoms with Crippen molar-refractivity contribution in [2.24, 2.45) is 11.8 Å². The quantitative estimate of drug-likeness (QED) is 0.792. The van der Waals surface area contributed by atoms with Crippen LogP contribution in [-0.2, 0) is 4.79 Å². The van der Waals surface area contributed by atoms with E-state index in [9.17, 15) is 15.0 Å². The zero-order chi connectivity index (χ0) is 13.9. The third-order valence-electron chi connectivity index (χ3n) is 4.00. The Kier molecular flexibility index (Phi) is 5.11. The molecule has 3 heteroatoms. The van der Waals surface area contributed by atoms with E-state index >= 15 is 0 Å². The number of hydrogen-bond acceptors (Lipinski definition) is 3. The molecule has 0 fully saturated rings. The van der Waals surface area contributed by atoms with Crippen LogP contribution in [0.4, 0.5) is 0 Å². The van der Waals surface area contributed by atoms with Gasteiger partial charge in [0.25, 0.3) is 0 Å². The minimum absolute atomic E-state index is 0.0858. The van der Waals surface area contributed by atoms with E-state index in [1.807, 2.05) is 6.92 Å². The van der Waals surface area contributed by atoms with E-state index in [-0.39, 0.29) is 17.6 Å². The molecule has 2 N–H and O–H groups in total. The molecule has 1 aliphatic rings. The Balaban J connectivity index is 2.47. The lowest BCUT2D eigenvalue weighted by molar-refractivity contribution is -0.120. The molecule has 1 rings (SSSR count). The van der Waals surface area contributed by atoms with Crippen molar-refractivity contribution in [3.8, 4) is 0 Å². The Morgan fingerprint density at radius 2 is 2.06 bits per heavy atom. The zero-order valence-electron chi connectivity index (χ0n) is 11.9. The van der Waals surface area contributed by atoms with Crippen molar-refractivity contribution in [3.63, 3.8) is 0 Å². The molecule has 0 aromatic rings. The minimum atomic E-state index is -1.06. The second kappa shape index (κ2) is 5.98. The predicted molar refractivity (Wildman–Crippen MR) is 72.2 cm³/mol. The van der Waals surface area contributed by atoms with Crippen LogP contribution in [0.25, 0.3) is 0 Å². The first kappa shape index (κ1) is 15.4. The number of carbonyl (C=O) groups excluding carboxylic acids is 1. The van der Waals surface area contributed by atoms with Gasteiger partial charge in [-0.25, -0.2) is 0 Å². The van der Waals surface area contributed by atoms with E-state index in [4.69, 9.17) is 0 Å². The standard InChI is InChI=1S/C15H26O3/c1-10-5-7-12(13(16)9-10)11(2)6-8-14(17)15(3,4)18/h9,11-12,14,17-18H,5-8H2,1-4H3. The highest BCUT2D eigenvalue weighted by Gasteiger charge is 2.29. The van der Waals surface area contributed by atoms with Gasteiger partial charge in [-0.3, -0.25) is 4.79 Å². The Morgan fingerprint density at radius 1 is 1.44 bits per heavy atom. The SMILES string of the molecule is CC1=CC(=O)C(C(C)CCC(O)C(C)(C)O)CC1. The molecule has 1 aliphatic carbocycles. The first-order valence-corrected chi connectivity index (χ1v) is 6.83. The third-order valence-corrected chi connectivity index (χ3v) is 4.00. The number of allylic oxidation sites excluding steroid dienone is 2. The van der Waals surface area contributed by atoms with Gasteiger partial charge in [-0.1, -0.05) is 12.5 Å². The van der Waals surface area contributed by atoms with Crippen LogP contribution in [0, 0.1) is 11.8 Å². The maximum Gasteiger partial charge on any atom is 0.158 e. The Bertz CT molecular complexity index is 325. The first-order valence-electron chi connectivity index (χ1n) is 6.83. The molecule has 3 nitrogen and oxygen atoms in total. The fourth-order valence-electron chi connectivity index (χ4n) is 2.49. The van der Waals surface area contributed by atoms with Crippen LogP contribution in [0.15, 0.2) is 11.6 Å². The van der Waals surface area contributed by atoms with Crippen LogP contribution in [-0.4, -0.2) is 27.7 Å². The van der Waals surface area contributed by atoms with E-state index in [2.05, 4.69) is 6.92 Å². The van der Waals surface area contributed by atoms with Gasteiger partial charge >= 0.3 is 0 Å². The summed E-state index contributed by atoms with van der Waals surface area (Å²) in [6.45, 7) is 7.28. The van der Waals surface area contributed by atoms with Crippen LogP contribution >= 0.6 is 0 Å². The predicted octanol–water partition coefficient (Wildman–Crippen LogP) is 2.46. The zero-order valence-corrected chi connectivity index (χ0v) is 11.9. The summed E-state index contributed by atoms with van der Waals surface area (Å²) < 4.78 is 0. The molecule has 0 radical (unpaired) electrons. The monoisotopic (exact) mass is 254 g/mol. The summed E-state index contributed by atoms with van der Waals surface area (Å²) in [4.78, 5) is 11.9. The normalized spacial score (nSPS) is 24.7. The highest BCUT2D eigenvalue weighted by atomic mass is 16.3. The summed E-state index contributed by atoms with van der Waals surface area (Å²) in [5.74, 6) is 0.575. The number of carbonyl (C=O) groups is 1. The molecule has 0 bridgehead atoms. The summed E-state index contributed by atoms with van der Waals surface area (Å²) >= 11 is 0. The molecule has 0 aromatic carbocycles. The highest BCUT2D eigenvalue weighted by Crippen LogP contribution is 2.30. The average molecular weight is 254 g/mol. The molecule has 3 unspecified atom stereocenters. The van der Waals surface area contributed by atoms with E-state index in [1.165, 1.54) is 5.57 Å². The number of aliphatic hydroxyl groups excluding tert-OH is 1. The topological polar surface area (TPSA) is 57.5 Å². The summed E-state index contributed by atoms with van der Waals surface area (Å²) in [6, 6.07) is 0. The fourth-order valence-corrected chi connectivity index (χ4v) is 2.49. The van der Waals surface area contributed by atoms with Crippen LogP contribution < -0.4 is 0 Å². The summed E-state index contributed by atoms with van der Waals surface area (Å²) in [5, 5.41) is 19.5. The Hall–Kier alpha value is -0.670. The molecule has 0 spiro atoms. The molecular formula is C15H26O3. The third kappa shape index (κ3) is 4.21. The van der Waals surface area contributed by atoms with Gasteiger partial charge in [0.2, 0.25) is 0 Å². The molecule has 18 heavy (non-hydrogen) atoms. The first-order chi connectivity index (χ1) is 8.21. The van der Waals surface area contributed by atoms with Gasteiger partial charge in [-0.05, 0) is 58.4 Å². The minimum Gasteiger partial charge on any atom is -0.390 e. The summed E-state index contributed by atoms with van der Waals surface area (Å²) in [6.07, 6.45) is 4.26. The van der Waals surface area contributed by atoms with Crippen molar-refractivity contribution >= 4 is 5.78 Å². The Labute approximate surface area is 110 Å². The number of rotatable bonds is 5. The van der Waals surface area contributed by atoms with Crippen molar-refractivity contribution < 1.29 is 15.0 Å². The lowest BCUT2D eigenvalue weighted by Gasteiger charge is -2.29. The van der Waals surface area contributed by atoms with Crippen LogP contribution in [0.1, 0.15) is 53.4 Å². The molecule has 0 aliphatic heterocycles. The van der Waals surface area contributed by atoms with Gasteiger partial charge in [0, 0.05) is 5.92 Å². The van der Waals surface area contributed by atoms with Gasteiger partial charge in [0.15, 0.2) is 5.78 Å². The number of aliphatic hydroxyl groups is 2. The van der Waals surface area contributed by atoms with Gasteiger partial charge < -0.3 is 10.2 Å². The van der Waals surface area contributed by atoms with E-state index in [0.717, 1.165) is 19.3 Å². The largest absolute Gasteiger partial charge is 0.390 e. The molecule has 3 atom stereocenters. The second-order valence-corrected chi connectivity index (χ2v) is 6.26. The second-order valence-electron chi connectivity index (χ2n) is 6.26. The van der Waals surface area contributed by atoms with Crippen LogP contribution in [0.2, 0.25) is 0 Å². The van der Waals surface area contributed by atoms with E-state index in [0.29, 0.717) is 6.42 Å². The Morgan fingerprint density at radius 3 is 2.56 bits per heavy atom. The highest BCUT2D eigenvalue weighted by molar-refractivity contribution is 5.93. The van der Waals surface area contributed by atoms with Crippen molar-refractivity contribution in [2.75, 3.05) is 0 Å². The lowest BCUT2D eigenvalue weighted by Crippen LogP contribution is -2.36. The van der Waals surface area contributed by atoms with Gasteiger partial charge in [0.05, 0.1) is 11.7 Å². The van der Waals surface area contributed by atoms with Crippen LogP contribution in [0.5, 0.6) is 0 Å². The lowest BCUT2D eigenvalue weighted by atomic mass is 9.78. The van der Waals surface area contributed by atoms with Crippen molar-refractivity contribution in [1.29, 1.82) is 0 Å². The summed E-state index contributed by atoms with van der Waals surface area (Å²) in [5.41, 5.74) is 0.104. The number of hydrogen-bond donors (Lipinski definition) is 2. The van der Waals surface area contributed by atoms with E-state index in [1.54, 1.807) is 19.9 Å². The average Bonchev–Trinajstić information content (AvgIpc) is 2.24. The van der Waals surface area contributed by atoms with Crippen LogP contribution in [0.3, 0.4) is 0 Å². The van der Waals surface area contributed by atoms with Gasteiger partial charge in [0.1, 0.15) is 0 Å². The fraction of sp³-hybridized carbons (Fsp3) is 0.800.